The first-order valence-corrected chi connectivity index (χ1v) is 17.1. The van der Waals surface area contributed by atoms with E-state index in [-0.39, 0.29) is 47.2 Å². The minimum Gasteiger partial charge on any atom is -0.447 e. The number of rotatable bonds is 11. The summed E-state index contributed by atoms with van der Waals surface area (Å²) in [7, 11) is 17.7. The van der Waals surface area contributed by atoms with E-state index in [0.29, 0.717) is 21.4 Å². The van der Waals surface area contributed by atoms with Gasteiger partial charge in [-0.2, -0.15) is 32.1 Å². The van der Waals surface area contributed by atoms with Gasteiger partial charge in [0, 0.05) is 17.3 Å². The zero-order valence-corrected chi connectivity index (χ0v) is 30.4. The fourth-order valence-corrected chi connectivity index (χ4v) is 6.75. The number of carbonyl (C=O) groups is 2. The molecule has 0 bridgehead atoms. The smallest absolute Gasteiger partial charge is 0.411 e. The molecule has 6 rings (SSSR count). The molecule has 1 aliphatic carbocycles. The normalized spacial score (nSPS) is 19.1. The summed E-state index contributed by atoms with van der Waals surface area (Å²) in [6, 6.07) is 9.61. The van der Waals surface area contributed by atoms with Crippen molar-refractivity contribution in [2.75, 3.05) is 6.61 Å². The van der Waals surface area contributed by atoms with Crippen molar-refractivity contribution < 1.29 is 36.3 Å². The number of nitrogens with one attached hydrogen (secondary N) is 1. The third-order valence-corrected chi connectivity index (χ3v) is 9.59. The van der Waals surface area contributed by atoms with Crippen LogP contribution < -0.4 is 11.1 Å². The highest BCUT2D eigenvalue weighted by atomic mass is 35.5. The summed E-state index contributed by atoms with van der Waals surface area (Å²) < 4.78 is 74.4. The number of halogens is 6. The Bertz CT molecular complexity index is 2130. The Morgan fingerprint density at radius 2 is 1.73 bits per heavy atom. The van der Waals surface area contributed by atoms with Crippen molar-refractivity contribution in [3.05, 3.63) is 77.3 Å². The topological polar surface area (TPSA) is 146 Å². The van der Waals surface area contributed by atoms with Crippen LogP contribution in [0.5, 0.6) is 0 Å². The van der Waals surface area contributed by atoms with Gasteiger partial charge < -0.3 is 15.8 Å². The Balaban J connectivity index is 1.41. The Hall–Kier alpha value is -4.87. The van der Waals surface area contributed by atoms with E-state index in [9.17, 15) is 31.5 Å². The number of alkyl carbamates (subject to hydrolysis) is 1. The lowest BCUT2D eigenvalue weighted by atomic mass is 9.49. The average Bonchev–Trinajstić information content (AvgIpc) is 3.40. The molecular weight excluding hydrogens is 745 g/mol. The molecule has 55 heavy (non-hydrogen) atoms. The van der Waals surface area contributed by atoms with Gasteiger partial charge in [0.05, 0.1) is 40.8 Å². The molecule has 1 fully saturated rings. The minimum absolute atomic E-state index is 0.0215. The van der Waals surface area contributed by atoms with Crippen molar-refractivity contribution in [1.29, 1.82) is 0 Å². The lowest BCUT2D eigenvalue weighted by molar-refractivity contribution is -0.164. The number of hydrogen-bond donors (Lipinski definition) is 2. The van der Waals surface area contributed by atoms with E-state index < -0.39 is 59.1 Å². The Morgan fingerprint density at radius 1 is 1.05 bits per heavy atom. The fraction of sp³-hybridized carbons (Fsp3) is 0.412. The lowest BCUT2D eigenvalue weighted by Crippen LogP contribution is -2.50. The van der Waals surface area contributed by atoms with Gasteiger partial charge in [0.25, 0.3) is 5.91 Å². The van der Waals surface area contributed by atoms with Gasteiger partial charge in [-0.05, 0) is 58.7 Å². The number of benzene rings is 2. The Labute approximate surface area is 321 Å². The van der Waals surface area contributed by atoms with E-state index in [4.69, 9.17) is 50.6 Å². The average molecular weight is 778 g/mol. The standard InChI is InChI=1S/C34H32B3ClF5N9O3/c1-30(2,3)16-32(21-7-4-18(5-8-21)20-13-46-50(14-20)27(39)40)26(53)51(28(44)48-32)24(15-55-29(54)49-31(10-11-31)33(41,42)43)19-6-9-23(38)22(12-19)25-45-17-47-52(25)34(35,36)37/h4-9,12-14,17,24,27H,10-11,15-16H2,1-3H3,(H2,44,48)(H,49,54)/t24-,32-/m1/s1. The second-order valence-corrected chi connectivity index (χ2v) is 15.2. The fourth-order valence-electron chi connectivity index (χ4n) is 6.55. The molecule has 2 amide bonds. The summed E-state index contributed by atoms with van der Waals surface area (Å²) in [5, 5.41) is 7.68. The molecule has 2 aliphatic rings. The van der Waals surface area contributed by atoms with Crippen molar-refractivity contribution in [2.24, 2.45) is 16.1 Å². The number of aliphatic imine (C=N–C) groups is 1. The van der Waals surface area contributed by atoms with Crippen molar-refractivity contribution in [1.82, 2.24) is 34.8 Å². The summed E-state index contributed by atoms with van der Waals surface area (Å²) in [6.45, 7) is 2.13. The first-order valence-electron chi connectivity index (χ1n) is 16.8. The number of guanidine groups is 1. The maximum absolute atomic E-state index is 15.0. The van der Waals surface area contributed by atoms with Gasteiger partial charge in [0.15, 0.2) is 17.3 Å². The molecule has 21 heteroatoms. The number of aromatic nitrogens is 5. The van der Waals surface area contributed by atoms with Gasteiger partial charge in [0.2, 0.25) is 0 Å². The SMILES string of the molecule is [B]C([B])([B])n1ncnc1-c1cc([C@@H](COC(=O)NC2(C(F)(F)F)CC2)N2C(=O)[C@@](CC(C)(C)C)(c3ccc(-c4cnn(C(F)F)c4)cc3)N=C2N)ccc1Cl. The molecule has 1 aliphatic heterocycles. The molecular formula is C34H32B3ClF5N9O3. The van der Waals surface area contributed by atoms with Crippen LogP contribution in [0.3, 0.4) is 0 Å². The Morgan fingerprint density at radius 3 is 2.29 bits per heavy atom. The molecule has 0 saturated heterocycles. The van der Waals surface area contributed by atoms with E-state index in [1.807, 2.05) is 26.1 Å². The quantitative estimate of drug-likeness (QED) is 0.156. The molecule has 0 unspecified atom stereocenters. The van der Waals surface area contributed by atoms with Gasteiger partial charge in [0.1, 0.15) is 18.5 Å². The summed E-state index contributed by atoms with van der Waals surface area (Å²) in [5.74, 6) is -0.914. The molecule has 3 N–H and O–H groups in total. The lowest BCUT2D eigenvalue weighted by Gasteiger charge is -2.35. The minimum atomic E-state index is -4.72. The van der Waals surface area contributed by atoms with Crippen LogP contribution in [0.2, 0.25) is 5.02 Å². The second kappa shape index (κ2) is 14.0. The van der Waals surface area contributed by atoms with Crippen LogP contribution in [0, 0.1) is 5.41 Å². The molecule has 282 valence electrons. The van der Waals surface area contributed by atoms with Crippen molar-refractivity contribution >= 4 is 53.1 Å². The van der Waals surface area contributed by atoms with E-state index >= 15 is 0 Å². The maximum atomic E-state index is 15.0. The molecule has 2 atom stereocenters. The number of alkyl halides is 5. The molecule has 0 spiro atoms. The van der Waals surface area contributed by atoms with Gasteiger partial charge in [-0.15, -0.1) is 0 Å². The van der Waals surface area contributed by atoms with Crippen LogP contribution in [-0.2, 0) is 20.3 Å². The first-order chi connectivity index (χ1) is 25.5. The number of hydrogen-bond acceptors (Lipinski definition) is 8. The van der Waals surface area contributed by atoms with E-state index in [2.05, 4.69) is 15.2 Å². The van der Waals surface area contributed by atoms with Crippen LogP contribution in [0.25, 0.3) is 22.5 Å². The van der Waals surface area contributed by atoms with E-state index in [0.717, 1.165) is 15.9 Å². The first kappa shape index (κ1) is 39.8. The molecule has 12 nitrogen and oxygen atoms in total. The van der Waals surface area contributed by atoms with Crippen LogP contribution in [0.1, 0.15) is 63.8 Å². The number of ether oxygens (including phenoxy) is 1. The van der Waals surface area contributed by atoms with Gasteiger partial charge >= 0.3 is 18.8 Å². The third kappa shape index (κ3) is 7.82. The summed E-state index contributed by atoms with van der Waals surface area (Å²) in [4.78, 5) is 37.9. The van der Waals surface area contributed by atoms with Crippen molar-refractivity contribution in [2.45, 2.75) is 75.1 Å². The molecule has 4 aromatic rings. The number of carbonyl (C=O) groups excluding carboxylic acids is 2. The largest absolute Gasteiger partial charge is 0.447 e. The van der Waals surface area contributed by atoms with Crippen LogP contribution in [0.15, 0.2) is 66.2 Å². The predicted molar refractivity (Wildman–Crippen MR) is 194 cm³/mol. The highest BCUT2D eigenvalue weighted by molar-refractivity contribution is 6.56. The highest BCUT2D eigenvalue weighted by Crippen LogP contribution is 2.49. The van der Waals surface area contributed by atoms with Crippen LogP contribution in [0.4, 0.5) is 26.7 Å². The summed E-state index contributed by atoms with van der Waals surface area (Å²) in [5.41, 5.74) is 3.69. The molecule has 6 radical (unpaired) electrons. The predicted octanol–water partition coefficient (Wildman–Crippen LogP) is 5.28. The van der Waals surface area contributed by atoms with Gasteiger partial charge in [-0.3, -0.25) is 14.4 Å². The maximum Gasteiger partial charge on any atom is 0.411 e. The molecule has 3 heterocycles. The Kier molecular flexibility index (Phi) is 10.1. The molecule has 2 aromatic heterocycles. The zero-order chi connectivity index (χ0) is 40.3. The molecule has 1 saturated carbocycles. The highest BCUT2D eigenvalue weighted by Gasteiger charge is 2.64. The number of nitrogens with zero attached hydrogens (tertiary/aromatic N) is 7. The van der Waals surface area contributed by atoms with Crippen molar-refractivity contribution in [3.63, 3.8) is 0 Å². The van der Waals surface area contributed by atoms with Gasteiger partial charge in [-0.1, -0.05) is 62.7 Å². The van der Waals surface area contributed by atoms with Crippen molar-refractivity contribution in [3.8, 4) is 22.5 Å². The van der Waals surface area contributed by atoms with Crippen LogP contribution >= 0.6 is 11.6 Å². The van der Waals surface area contributed by atoms with E-state index in [1.165, 1.54) is 30.6 Å². The zero-order valence-electron chi connectivity index (χ0n) is 29.7. The second-order valence-electron chi connectivity index (χ2n) is 14.7. The summed E-state index contributed by atoms with van der Waals surface area (Å²) in [6.07, 6.45) is -3.04. The monoisotopic (exact) mass is 777 g/mol. The van der Waals surface area contributed by atoms with Crippen LogP contribution in [-0.4, -0.2) is 89.3 Å². The van der Waals surface area contributed by atoms with E-state index in [1.54, 1.807) is 24.3 Å². The van der Waals surface area contributed by atoms with Gasteiger partial charge in [-0.25, -0.2) is 19.5 Å². The summed E-state index contributed by atoms with van der Waals surface area (Å²) >= 11 is 6.58. The number of amides is 2. The third-order valence-electron chi connectivity index (χ3n) is 9.26. The number of nitrogens with two attached hydrogens (primary N) is 1. The molecule has 2 aromatic carbocycles.